The van der Waals surface area contributed by atoms with E-state index in [4.69, 9.17) is 19.3 Å². The van der Waals surface area contributed by atoms with Crippen molar-refractivity contribution in [3.05, 3.63) is 81.7 Å². The van der Waals surface area contributed by atoms with Crippen LogP contribution in [-0.4, -0.2) is 41.7 Å². The summed E-state index contributed by atoms with van der Waals surface area (Å²) in [7, 11) is 1.45. The molecule has 0 spiro atoms. The average molecular weight is 624 g/mol. The van der Waals surface area contributed by atoms with E-state index >= 15 is 4.39 Å². The molecule has 12 heteroatoms. The summed E-state index contributed by atoms with van der Waals surface area (Å²) in [4.78, 5) is 35.0. The number of amides is 1. The Morgan fingerprint density at radius 2 is 1.84 bits per heavy atom. The molecule has 45 heavy (non-hydrogen) atoms. The van der Waals surface area contributed by atoms with Gasteiger partial charge in [0.2, 0.25) is 11.7 Å². The van der Waals surface area contributed by atoms with Gasteiger partial charge in [0, 0.05) is 24.4 Å². The van der Waals surface area contributed by atoms with Crippen LogP contribution in [0.4, 0.5) is 21.5 Å². The minimum atomic E-state index is -1.15. The Bertz CT molecular complexity index is 1530. The van der Waals surface area contributed by atoms with Crippen LogP contribution >= 0.6 is 0 Å². The Balaban J connectivity index is 1.46. The predicted octanol–water partition coefficient (Wildman–Crippen LogP) is 7.26. The summed E-state index contributed by atoms with van der Waals surface area (Å²) in [6.07, 6.45) is 3.20. The lowest BCUT2D eigenvalue weighted by atomic mass is 9.72. The van der Waals surface area contributed by atoms with Crippen LogP contribution in [-0.2, 0) is 16.1 Å². The standard InChI is InChI=1S/C33H38FN3O8/c1-19(2)31-20(3)6-5-7-28(31)44-18-30(38)36-26-14-10-22(16-29(26)43-4)35-17-24-25(34)13-15-27(37(41)42)32(24)45-23-11-8-21(9-12-23)33(39)40/h8-16,19-20,28,31,35H,5-7,17-18H2,1-4H3,(H,36,38)(H,39,40). The normalized spacial score (nSPS) is 17.9. The molecule has 3 atom stereocenters. The number of nitrogens with zero attached hydrogens (tertiary/aromatic N) is 1. The molecule has 240 valence electrons. The first-order chi connectivity index (χ1) is 21.5. The van der Waals surface area contributed by atoms with Gasteiger partial charge in [0.1, 0.15) is 23.9 Å². The highest BCUT2D eigenvalue weighted by Gasteiger charge is 2.34. The zero-order valence-corrected chi connectivity index (χ0v) is 25.7. The number of methoxy groups -OCH3 is 1. The van der Waals surface area contributed by atoms with Crippen LogP contribution in [0, 0.1) is 33.7 Å². The third-order valence-electron chi connectivity index (χ3n) is 8.08. The molecule has 11 nitrogen and oxygen atoms in total. The van der Waals surface area contributed by atoms with Gasteiger partial charge in [0.15, 0.2) is 0 Å². The molecule has 3 aromatic rings. The predicted molar refractivity (Wildman–Crippen MR) is 167 cm³/mol. The van der Waals surface area contributed by atoms with Crippen molar-refractivity contribution in [3.8, 4) is 17.2 Å². The van der Waals surface area contributed by atoms with Gasteiger partial charge >= 0.3 is 11.7 Å². The molecule has 0 saturated heterocycles. The van der Waals surface area contributed by atoms with Gasteiger partial charge in [-0.3, -0.25) is 14.9 Å². The van der Waals surface area contributed by atoms with E-state index in [-0.39, 0.29) is 47.8 Å². The summed E-state index contributed by atoms with van der Waals surface area (Å²) in [5, 5.41) is 26.7. The van der Waals surface area contributed by atoms with Crippen molar-refractivity contribution >= 4 is 28.9 Å². The van der Waals surface area contributed by atoms with E-state index in [2.05, 4.69) is 31.4 Å². The first kappa shape index (κ1) is 33.2. The number of halogens is 1. The van der Waals surface area contributed by atoms with Crippen LogP contribution in [0.2, 0.25) is 0 Å². The summed E-state index contributed by atoms with van der Waals surface area (Å²) < 4.78 is 32.3. The summed E-state index contributed by atoms with van der Waals surface area (Å²) in [6.45, 7) is 6.33. The minimum absolute atomic E-state index is 0.00212. The molecule has 1 aliphatic rings. The third-order valence-corrected chi connectivity index (χ3v) is 8.08. The van der Waals surface area contributed by atoms with Crippen molar-refractivity contribution in [1.82, 2.24) is 0 Å². The number of nitrogens with one attached hydrogen (secondary N) is 2. The first-order valence-corrected chi connectivity index (χ1v) is 14.8. The smallest absolute Gasteiger partial charge is 0.335 e. The second-order valence-electron chi connectivity index (χ2n) is 11.5. The van der Waals surface area contributed by atoms with Gasteiger partial charge in [0.05, 0.1) is 35.0 Å². The van der Waals surface area contributed by atoms with Gasteiger partial charge in [-0.1, -0.05) is 33.6 Å². The molecule has 0 heterocycles. The number of ether oxygens (including phenoxy) is 3. The maximum atomic E-state index is 15.0. The number of carbonyl (C=O) groups excluding carboxylic acids is 1. The summed E-state index contributed by atoms with van der Waals surface area (Å²) in [6, 6.07) is 12.1. The largest absolute Gasteiger partial charge is 0.494 e. The topological polar surface area (TPSA) is 149 Å². The number of carboxylic acids is 1. The lowest BCUT2D eigenvalue weighted by molar-refractivity contribution is -0.385. The van der Waals surface area contributed by atoms with Crippen molar-refractivity contribution < 1.29 is 38.2 Å². The number of nitro groups is 1. The van der Waals surface area contributed by atoms with Crippen molar-refractivity contribution in [3.63, 3.8) is 0 Å². The van der Waals surface area contributed by atoms with Crippen LogP contribution < -0.4 is 20.1 Å². The Hall–Kier alpha value is -4.71. The molecule has 4 rings (SSSR count). The number of carboxylic acid groups (broad SMARTS) is 1. The fraction of sp³-hybridized carbons (Fsp3) is 0.394. The van der Waals surface area contributed by atoms with Crippen LogP contribution in [0.3, 0.4) is 0 Å². The van der Waals surface area contributed by atoms with Crippen LogP contribution in [0.5, 0.6) is 17.2 Å². The molecular weight excluding hydrogens is 585 g/mol. The third kappa shape index (κ3) is 8.27. The number of anilines is 2. The molecule has 0 aromatic heterocycles. The zero-order valence-electron chi connectivity index (χ0n) is 25.7. The van der Waals surface area contributed by atoms with Crippen molar-refractivity contribution in [2.75, 3.05) is 24.4 Å². The average Bonchev–Trinajstić information content (AvgIpc) is 3.00. The number of rotatable bonds is 13. The molecule has 1 fully saturated rings. The zero-order chi connectivity index (χ0) is 32.7. The second-order valence-corrected chi connectivity index (χ2v) is 11.5. The van der Waals surface area contributed by atoms with E-state index in [1.54, 1.807) is 18.2 Å². The molecule has 0 bridgehead atoms. The number of hydrogen-bond acceptors (Lipinski definition) is 8. The monoisotopic (exact) mass is 623 g/mol. The van der Waals surface area contributed by atoms with Crippen LogP contribution in [0.15, 0.2) is 54.6 Å². The van der Waals surface area contributed by atoms with Crippen LogP contribution in [0.25, 0.3) is 0 Å². The summed E-state index contributed by atoms with van der Waals surface area (Å²) >= 11 is 0. The fourth-order valence-electron chi connectivity index (χ4n) is 5.93. The van der Waals surface area contributed by atoms with E-state index in [1.165, 1.54) is 31.4 Å². The number of nitro benzene ring substituents is 1. The Morgan fingerprint density at radius 1 is 1.11 bits per heavy atom. The van der Waals surface area contributed by atoms with Crippen LogP contribution in [0.1, 0.15) is 56.0 Å². The van der Waals surface area contributed by atoms with Gasteiger partial charge < -0.3 is 30.0 Å². The quantitative estimate of drug-likeness (QED) is 0.132. The van der Waals surface area contributed by atoms with E-state index < -0.39 is 22.4 Å². The SMILES string of the molecule is COc1cc(NCc2c(F)ccc([N+](=O)[O-])c2Oc2ccc(C(=O)O)cc2)ccc1NC(=O)COC1CCCC(C)C1C(C)C. The molecule has 3 N–H and O–H groups in total. The highest BCUT2D eigenvalue weighted by molar-refractivity contribution is 5.93. The molecule has 3 aromatic carbocycles. The number of carbonyl (C=O) groups is 2. The first-order valence-electron chi connectivity index (χ1n) is 14.8. The molecule has 1 amide bonds. The Morgan fingerprint density at radius 3 is 2.49 bits per heavy atom. The lowest BCUT2D eigenvalue weighted by Gasteiger charge is -2.38. The number of benzene rings is 3. The van der Waals surface area contributed by atoms with Crippen molar-refractivity contribution in [2.24, 2.45) is 17.8 Å². The number of aromatic carboxylic acids is 1. The van der Waals surface area contributed by atoms with Gasteiger partial charge in [-0.05, 0) is 66.6 Å². The summed E-state index contributed by atoms with van der Waals surface area (Å²) in [5.74, 6) is -0.699. The van der Waals surface area contributed by atoms with Gasteiger partial charge in [0.25, 0.3) is 0 Å². The molecule has 0 radical (unpaired) electrons. The fourth-order valence-corrected chi connectivity index (χ4v) is 5.93. The lowest BCUT2D eigenvalue weighted by Crippen LogP contribution is -2.38. The second kappa shape index (κ2) is 14.8. The molecule has 0 aliphatic heterocycles. The summed E-state index contributed by atoms with van der Waals surface area (Å²) in [5.41, 5.74) is 0.328. The van der Waals surface area contributed by atoms with Gasteiger partial charge in [-0.25, -0.2) is 9.18 Å². The van der Waals surface area contributed by atoms with E-state index in [9.17, 15) is 19.7 Å². The van der Waals surface area contributed by atoms with E-state index in [0.717, 1.165) is 31.4 Å². The minimum Gasteiger partial charge on any atom is -0.494 e. The number of hydrogen-bond donors (Lipinski definition) is 3. The van der Waals surface area contributed by atoms with Crippen molar-refractivity contribution in [2.45, 2.75) is 52.7 Å². The highest BCUT2D eigenvalue weighted by atomic mass is 19.1. The van der Waals surface area contributed by atoms with Crippen molar-refractivity contribution in [1.29, 1.82) is 0 Å². The Labute approximate surface area is 260 Å². The van der Waals surface area contributed by atoms with Gasteiger partial charge in [-0.15, -0.1) is 0 Å². The Kier molecular flexibility index (Phi) is 10.9. The van der Waals surface area contributed by atoms with E-state index in [0.29, 0.717) is 34.9 Å². The molecular formula is C33H38FN3O8. The molecule has 1 saturated carbocycles. The van der Waals surface area contributed by atoms with Gasteiger partial charge in [-0.2, -0.15) is 0 Å². The van der Waals surface area contributed by atoms with E-state index in [1.807, 2.05) is 0 Å². The highest BCUT2D eigenvalue weighted by Crippen LogP contribution is 2.38. The maximum Gasteiger partial charge on any atom is 0.335 e. The molecule has 1 aliphatic carbocycles. The molecule has 3 unspecified atom stereocenters. The maximum absolute atomic E-state index is 15.0.